The predicted molar refractivity (Wildman–Crippen MR) is 70.3 cm³/mol. The zero-order chi connectivity index (χ0) is 13.8. The van der Waals surface area contributed by atoms with Crippen molar-refractivity contribution in [3.63, 3.8) is 0 Å². The molecule has 18 heavy (non-hydrogen) atoms. The molecule has 0 saturated carbocycles. The van der Waals surface area contributed by atoms with Crippen LogP contribution in [0.2, 0.25) is 0 Å². The fourth-order valence-corrected chi connectivity index (χ4v) is 2.32. The molecule has 1 aliphatic rings. The minimum absolute atomic E-state index is 0.0433. The van der Waals surface area contributed by atoms with Crippen molar-refractivity contribution in [1.29, 1.82) is 0 Å². The third kappa shape index (κ3) is 4.23. The molecule has 0 radical (unpaired) electrons. The number of hydrogen-bond donors (Lipinski definition) is 2. The molecule has 1 aliphatic heterocycles. The Labute approximate surface area is 109 Å². The molecule has 2 atom stereocenters. The molecule has 1 saturated heterocycles. The van der Waals surface area contributed by atoms with Crippen molar-refractivity contribution in [2.75, 3.05) is 32.8 Å². The Kier molecular flexibility index (Phi) is 5.56. The Morgan fingerprint density at radius 2 is 2.28 bits per heavy atom. The van der Waals surface area contributed by atoms with E-state index < -0.39 is 0 Å². The first-order valence-electron chi connectivity index (χ1n) is 6.67. The molecular weight excluding hydrogens is 232 g/mol. The zero-order valence-electron chi connectivity index (χ0n) is 11.9. The lowest BCUT2D eigenvalue weighted by Crippen LogP contribution is -2.57. The number of nitrogens with one attached hydrogen (secondary N) is 1. The smallest absolute Gasteiger partial charge is 0.226 e. The molecule has 0 aromatic carbocycles. The monoisotopic (exact) mass is 258 g/mol. The zero-order valence-corrected chi connectivity index (χ0v) is 11.9. The molecule has 106 valence electrons. The highest BCUT2D eigenvalue weighted by Gasteiger charge is 2.36. The topological polar surface area (TPSA) is 61.8 Å². The number of carbonyl (C=O) groups excluding carboxylic acids is 1. The van der Waals surface area contributed by atoms with E-state index in [1.807, 2.05) is 32.6 Å². The highest BCUT2D eigenvalue weighted by molar-refractivity contribution is 5.79. The maximum Gasteiger partial charge on any atom is 0.226 e. The molecule has 2 N–H and O–H groups in total. The number of hydrogen-bond acceptors (Lipinski definition) is 4. The van der Waals surface area contributed by atoms with E-state index in [0.717, 1.165) is 6.54 Å². The lowest BCUT2D eigenvalue weighted by molar-refractivity contribution is -0.169. The summed E-state index contributed by atoms with van der Waals surface area (Å²) in [4.78, 5) is 14.1. The van der Waals surface area contributed by atoms with Crippen molar-refractivity contribution in [3.05, 3.63) is 0 Å². The van der Waals surface area contributed by atoms with Crippen molar-refractivity contribution >= 4 is 5.91 Å². The molecule has 0 bridgehead atoms. The second-order valence-corrected chi connectivity index (χ2v) is 5.61. The molecule has 1 rings (SSSR count). The van der Waals surface area contributed by atoms with Gasteiger partial charge in [-0.2, -0.15) is 0 Å². The van der Waals surface area contributed by atoms with Crippen LogP contribution < -0.4 is 5.32 Å². The van der Waals surface area contributed by atoms with Crippen LogP contribution >= 0.6 is 0 Å². The number of amides is 1. The Morgan fingerprint density at radius 3 is 2.83 bits per heavy atom. The average molecular weight is 258 g/mol. The second kappa shape index (κ2) is 6.50. The number of morpholine rings is 1. The van der Waals surface area contributed by atoms with E-state index in [-0.39, 0.29) is 30.1 Å². The summed E-state index contributed by atoms with van der Waals surface area (Å²) in [6, 6.07) is 0. The van der Waals surface area contributed by atoms with Gasteiger partial charge < -0.3 is 20.1 Å². The number of ether oxygens (including phenoxy) is 1. The standard InChI is InChI=1S/C13H26N2O3/c1-5-14-6-10(2)12(17)15-7-11(8-16)18-13(3,4)9-15/h10-11,14,16H,5-9H2,1-4H3. The summed E-state index contributed by atoms with van der Waals surface area (Å²) >= 11 is 0. The number of aliphatic hydroxyl groups excluding tert-OH is 1. The summed E-state index contributed by atoms with van der Waals surface area (Å²) < 4.78 is 5.70. The quantitative estimate of drug-likeness (QED) is 0.741. The van der Waals surface area contributed by atoms with Gasteiger partial charge in [0.1, 0.15) is 0 Å². The van der Waals surface area contributed by atoms with Gasteiger partial charge in [-0.15, -0.1) is 0 Å². The molecule has 1 fully saturated rings. The summed E-state index contributed by atoms with van der Waals surface area (Å²) in [5, 5.41) is 12.4. The van der Waals surface area contributed by atoms with Crippen LogP contribution in [0.4, 0.5) is 0 Å². The second-order valence-electron chi connectivity index (χ2n) is 5.61. The van der Waals surface area contributed by atoms with Crippen LogP contribution in [-0.4, -0.2) is 60.4 Å². The van der Waals surface area contributed by atoms with Crippen LogP contribution in [0.15, 0.2) is 0 Å². The highest BCUT2D eigenvalue weighted by Crippen LogP contribution is 2.22. The first-order chi connectivity index (χ1) is 8.39. The maximum atomic E-state index is 12.3. The van der Waals surface area contributed by atoms with Crippen LogP contribution in [0.5, 0.6) is 0 Å². The number of aliphatic hydroxyl groups is 1. The van der Waals surface area contributed by atoms with Crippen LogP contribution in [0, 0.1) is 5.92 Å². The highest BCUT2D eigenvalue weighted by atomic mass is 16.5. The Bertz CT molecular complexity index is 281. The van der Waals surface area contributed by atoms with Crippen molar-refractivity contribution in [2.24, 2.45) is 5.92 Å². The fourth-order valence-electron chi connectivity index (χ4n) is 2.32. The van der Waals surface area contributed by atoms with Crippen LogP contribution in [0.3, 0.4) is 0 Å². The minimum atomic E-state index is -0.390. The van der Waals surface area contributed by atoms with E-state index >= 15 is 0 Å². The van der Waals surface area contributed by atoms with Crippen LogP contribution in [0.1, 0.15) is 27.7 Å². The molecule has 5 nitrogen and oxygen atoms in total. The Morgan fingerprint density at radius 1 is 1.61 bits per heavy atom. The van der Waals surface area contributed by atoms with Gasteiger partial charge >= 0.3 is 0 Å². The molecular formula is C13H26N2O3. The van der Waals surface area contributed by atoms with Crippen molar-refractivity contribution in [2.45, 2.75) is 39.4 Å². The SMILES string of the molecule is CCNCC(C)C(=O)N1CC(CO)OC(C)(C)C1. The van der Waals surface area contributed by atoms with Gasteiger partial charge in [-0.3, -0.25) is 4.79 Å². The van der Waals surface area contributed by atoms with Crippen molar-refractivity contribution in [1.82, 2.24) is 10.2 Å². The lowest BCUT2D eigenvalue weighted by atomic mass is 10.0. The van der Waals surface area contributed by atoms with Gasteiger partial charge in [-0.1, -0.05) is 13.8 Å². The molecule has 0 spiro atoms. The van der Waals surface area contributed by atoms with Gasteiger partial charge in [0.2, 0.25) is 5.91 Å². The van der Waals surface area contributed by atoms with E-state index in [9.17, 15) is 9.90 Å². The first kappa shape index (κ1) is 15.4. The number of nitrogens with zero attached hydrogens (tertiary/aromatic N) is 1. The number of rotatable bonds is 5. The van der Waals surface area contributed by atoms with Gasteiger partial charge in [0.05, 0.1) is 18.3 Å². The van der Waals surface area contributed by atoms with Gasteiger partial charge in [0.15, 0.2) is 0 Å². The molecule has 0 aromatic heterocycles. The third-order valence-electron chi connectivity index (χ3n) is 3.12. The molecule has 0 aromatic rings. The molecule has 1 amide bonds. The summed E-state index contributed by atoms with van der Waals surface area (Å²) in [6.45, 7) is 10.4. The van der Waals surface area contributed by atoms with Crippen molar-refractivity contribution < 1.29 is 14.6 Å². The lowest BCUT2D eigenvalue weighted by Gasteiger charge is -2.43. The first-order valence-corrected chi connectivity index (χ1v) is 6.67. The predicted octanol–water partition coefficient (Wildman–Crippen LogP) is 0.230. The van der Waals surface area contributed by atoms with E-state index in [4.69, 9.17) is 4.74 Å². The Hall–Kier alpha value is -0.650. The largest absolute Gasteiger partial charge is 0.394 e. The number of carbonyl (C=O) groups is 1. The summed E-state index contributed by atoms with van der Waals surface area (Å²) in [6.07, 6.45) is -0.274. The maximum absolute atomic E-state index is 12.3. The van der Waals surface area contributed by atoms with E-state index in [2.05, 4.69) is 5.32 Å². The van der Waals surface area contributed by atoms with Gasteiger partial charge in [0.25, 0.3) is 0 Å². The molecule has 5 heteroatoms. The van der Waals surface area contributed by atoms with Crippen molar-refractivity contribution in [3.8, 4) is 0 Å². The van der Waals surface area contributed by atoms with Crippen LogP contribution in [-0.2, 0) is 9.53 Å². The Balaban J connectivity index is 2.61. The van der Waals surface area contributed by atoms with E-state index in [0.29, 0.717) is 19.6 Å². The summed E-state index contributed by atoms with van der Waals surface area (Å²) in [5.41, 5.74) is -0.390. The van der Waals surface area contributed by atoms with E-state index in [1.54, 1.807) is 0 Å². The fraction of sp³-hybridized carbons (Fsp3) is 0.923. The summed E-state index contributed by atoms with van der Waals surface area (Å²) in [5.74, 6) is 0.0870. The average Bonchev–Trinajstić information content (AvgIpc) is 2.32. The van der Waals surface area contributed by atoms with E-state index in [1.165, 1.54) is 0 Å². The third-order valence-corrected chi connectivity index (χ3v) is 3.12. The van der Waals surface area contributed by atoms with Gasteiger partial charge in [-0.25, -0.2) is 0 Å². The molecule has 0 aliphatic carbocycles. The minimum Gasteiger partial charge on any atom is -0.394 e. The molecule has 1 heterocycles. The van der Waals surface area contributed by atoms with Crippen LogP contribution in [0.25, 0.3) is 0 Å². The van der Waals surface area contributed by atoms with Gasteiger partial charge in [-0.05, 0) is 20.4 Å². The normalized spacial score (nSPS) is 24.9. The molecule has 2 unspecified atom stereocenters. The van der Waals surface area contributed by atoms with Gasteiger partial charge in [0, 0.05) is 25.6 Å². The summed E-state index contributed by atoms with van der Waals surface area (Å²) in [7, 11) is 0.